The molecule has 26 heavy (non-hydrogen) atoms. The van der Waals surface area contributed by atoms with Crippen LogP contribution in [0, 0.1) is 6.92 Å². The Labute approximate surface area is 156 Å². The molecular formula is C20H20N2O3S. The molecule has 0 atom stereocenters. The highest BCUT2D eigenvalue weighted by Crippen LogP contribution is 2.29. The van der Waals surface area contributed by atoms with Crippen LogP contribution < -0.4 is 14.8 Å². The van der Waals surface area contributed by atoms with Gasteiger partial charge in [0, 0.05) is 16.5 Å². The number of hydrogen-bond donors (Lipinski definition) is 1. The molecule has 0 fully saturated rings. The summed E-state index contributed by atoms with van der Waals surface area (Å²) in [4.78, 5) is 17.0. The van der Waals surface area contributed by atoms with E-state index in [1.807, 2.05) is 43.5 Å². The van der Waals surface area contributed by atoms with Crippen molar-refractivity contribution in [1.29, 1.82) is 0 Å². The van der Waals surface area contributed by atoms with E-state index in [0.29, 0.717) is 28.8 Å². The highest BCUT2D eigenvalue weighted by molar-refractivity contribution is 7.14. The van der Waals surface area contributed by atoms with Crippen molar-refractivity contribution in [2.45, 2.75) is 13.8 Å². The lowest BCUT2D eigenvalue weighted by Gasteiger charge is -2.10. The lowest BCUT2D eigenvalue weighted by Crippen LogP contribution is -2.12. The number of benzene rings is 2. The van der Waals surface area contributed by atoms with Crippen LogP contribution >= 0.6 is 11.3 Å². The van der Waals surface area contributed by atoms with Crippen LogP contribution in [0.3, 0.4) is 0 Å². The Morgan fingerprint density at radius 1 is 1.15 bits per heavy atom. The van der Waals surface area contributed by atoms with Gasteiger partial charge in [-0.15, -0.1) is 11.3 Å². The summed E-state index contributed by atoms with van der Waals surface area (Å²) >= 11 is 1.39. The van der Waals surface area contributed by atoms with Gasteiger partial charge in [0.05, 0.1) is 19.4 Å². The van der Waals surface area contributed by atoms with Gasteiger partial charge in [0.15, 0.2) is 16.6 Å². The fraction of sp³-hybridized carbons (Fsp3) is 0.200. The smallest absolute Gasteiger partial charge is 0.257 e. The zero-order chi connectivity index (χ0) is 18.5. The molecule has 1 heterocycles. The maximum atomic E-state index is 12.5. The van der Waals surface area contributed by atoms with Crippen molar-refractivity contribution in [2.24, 2.45) is 0 Å². The van der Waals surface area contributed by atoms with Crippen LogP contribution in [0.2, 0.25) is 0 Å². The van der Waals surface area contributed by atoms with E-state index in [1.54, 1.807) is 25.3 Å². The molecule has 1 aromatic heterocycles. The average Bonchev–Trinajstić information content (AvgIpc) is 3.11. The fourth-order valence-corrected chi connectivity index (χ4v) is 3.16. The van der Waals surface area contributed by atoms with E-state index in [1.165, 1.54) is 16.9 Å². The summed E-state index contributed by atoms with van der Waals surface area (Å²) < 4.78 is 10.8. The highest BCUT2D eigenvalue weighted by atomic mass is 32.1. The van der Waals surface area contributed by atoms with Gasteiger partial charge in [0.25, 0.3) is 5.91 Å². The van der Waals surface area contributed by atoms with Crippen LogP contribution in [0.15, 0.2) is 47.8 Å². The second-order valence-corrected chi connectivity index (χ2v) is 6.51. The summed E-state index contributed by atoms with van der Waals surface area (Å²) in [5, 5.41) is 5.32. The van der Waals surface area contributed by atoms with Gasteiger partial charge in [-0.2, -0.15) is 0 Å². The van der Waals surface area contributed by atoms with Crippen molar-refractivity contribution in [1.82, 2.24) is 4.98 Å². The highest BCUT2D eigenvalue weighted by Gasteiger charge is 2.13. The number of carbonyl (C=O) groups excluding carboxylic acids is 1. The number of ether oxygens (including phenoxy) is 2. The van der Waals surface area contributed by atoms with Crippen LogP contribution in [0.5, 0.6) is 11.5 Å². The van der Waals surface area contributed by atoms with Crippen LogP contribution in [0.4, 0.5) is 5.13 Å². The molecule has 3 rings (SSSR count). The van der Waals surface area contributed by atoms with Gasteiger partial charge < -0.3 is 9.47 Å². The molecule has 0 aliphatic heterocycles. The van der Waals surface area contributed by atoms with Crippen molar-refractivity contribution < 1.29 is 14.3 Å². The van der Waals surface area contributed by atoms with Crippen molar-refractivity contribution in [3.8, 4) is 22.8 Å². The molecule has 0 aliphatic rings. The standard InChI is InChI=1S/C20H20N2O3S/c1-4-25-18-11-15(9-10-17(18)24-3)19(23)22-20-21-16(12-26-20)14-7-5-13(2)6-8-14/h5-12H,4H2,1-3H3,(H,21,22,23). The lowest BCUT2D eigenvalue weighted by molar-refractivity contribution is 0.102. The van der Waals surface area contributed by atoms with Crippen LogP contribution in [-0.4, -0.2) is 24.6 Å². The molecule has 1 amide bonds. The summed E-state index contributed by atoms with van der Waals surface area (Å²) in [6.45, 7) is 4.42. The van der Waals surface area contributed by atoms with Crippen LogP contribution in [-0.2, 0) is 0 Å². The molecular weight excluding hydrogens is 348 g/mol. The average molecular weight is 368 g/mol. The SMILES string of the molecule is CCOc1cc(C(=O)Nc2nc(-c3ccc(C)cc3)cs2)ccc1OC. The zero-order valence-electron chi connectivity index (χ0n) is 14.9. The minimum absolute atomic E-state index is 0.238. The summed E-state index contributed by atoms with van der Waals surface area (Å²) in [6.07, 6.45) is 0. The Balaban J connectivity index is 1.76. The van der Waals surface area contributed by atoms with Crippen LogP contribution in [0.25, 0.3) is 11.3 Å². The summed E-state index contributed by atoms with van der Waals surface area (Å²) in [5.74, 6) is 0.903. The molecule has 0 unspecified atom stereocenters. The number of aryl methyl sites for hydroxylation is 1. The molecule has 0 saturated heterocycles. The molecule has 1 N–H and O–H groups in total. The molecule has 0 radical (unpaired) electrons. The van der Waals surface area contributed by atoms with E-state index < -0.39 is 0 Å². The number of nitrogens with zero attached hydrogens (tertiary/aromatic N) is 1. The number of rotatable bonds is 6. The van der Waals surface area contributed by atoms with E-state index in [4.69, 9.17) is 9.47 Å². The third-order valence-electron chi connectivity index (χ3n) is 3.80. The molecule has 134 valence electrons. The normalized spacial score (nSPS) is 10.4. The maximum absolute atomic E-state index is 12.5. The summed E-state index contributed by atoms with van der Waals surface area (Å²) in [6, 6.07) is 13.2. The Bertz CT molecular complexity index is 904. The van der Waals surface area contributed by atoms with Crippen molar-refractivity contribution >= 4 is 22.4 Å². The van der Waals surface area contributed by atoms with E-state index in [2.05, 4.69) is 10.3 Å². The number of nitrogens with one attached hydrogen (secondary N) is 1. The molecule has 6 heteroatoms. The first-order valence-electron chi connectivity index (χ1n) is 8.25. The zero-order valence-corrected chi connectivity index (χ0v) is 15.7. The maximum Gasteiger partial charge on any atom is 0.257 e. The third-order valence-corrected chi connectivity index (χ3v) is 4.56. The number of methoxy groups -OCH3 is 1. The van der Waals surface area contributed by atoms with E-state index >= 15 is 0 Å². The number of thiazole rings is 1. The fourth-order valence-electron chi connectivity index (χ4n) is 2.44. The molecule has 5 nitrogen and oxygen atoms in total. The molecule has 2 aromatic carbocycles. The number of carbonyl (C=O) groups is 1. The van der Waals surface area contributed by atoms with E-state index in [9.17, 15) is 4.79 Å². The van der Waals surface area contributed by atoms with Gasteiger partial charge in [-0.3, -0.25) is 10.1 Å². The number of aromatic nitrogens is 1. The predicted molar refractivity (Wildman–Crippen MR) is 104 cm³/mol. The Hall–Kier alpha value is -2.86. The topological polar surface area (TPSA) is 60.5 Å². The van der Waals surface area contributed by atoms with Gasteiger partial charge in [-0.1, -0.05) is 29.8 Å². The van der Waals surface area contributed by atoms with Crippen molar-refractivity contribution in [3.63, 3.8) is 0 Å². The van der Waals surface area contributed by atoms with Gasteiger partial charge in [0.1, 0.15) is 0 Å². The Morgan fingerprint density at radius 3 is 2.62 bits per heavy atom. The second-order valence-electron chi connectivity index (χ2n) is 5.66. The molecule has 0 saturated carbocycles. The van der Waals surface area contributed by atoms with Gasteiger partial charge >= 0.3 is 0 Å². The van der Waals surface area contributed by atoms with E-state index in [0.717, 1.165) is 11.3 Å². The molecule has 0 spiro atoms. The minimum Gasteiger partial charge on any atom is -0.493 e. The second kappa shape index (κ2) is 8.01. The Kier molecular flexibility index (Phi) is 5.53. The number of hydrogen-bond acceptors (Lipinski definition) is 5. The molecule has 0 bridgehead atoms. The largest absolute Gasteiger partial charge is 0.493 e. The van der Waals surface area contributed by atoms with E-state index in [-0.39, 0.29) is 5.91 Å². The number of amides is 1. The monoisotopic (exact) mass is 368 g/mol. The van der Waals surface area contributed by atoms with Crippen molar-refractivity contribution in [3.05, 3.63) is 59.0 Å². The first-order valence-corrected chi connectivity index (χ1v) is 9.13. The Morgan fingerprint density at radius 2 is 1.92 bits per heavy atom. The first-order chi connectivity index (χ1) is 12.6. The number of anilines is 1. The van der Waals surface area contributed by atoms with Crippen molar-refractivity contribution in [2.75, 3.05) is 19.0 Å². The van der Waals surface area contributed by atoms with Gasteiger partial charge in [0.2, 0.25) is 0 Å². The quantitative estimate of drug-likeness (QED) is 0.680. The summed E-state index contributed by atoms with van der Waals surface area (Å²) in [7, 11) is 1.57. The molecule has 3 aromatic rings. The molecule has 0 aliphatic carbocycles. The first kappa shape index (κ1) is 17.9. The summed E-state index contributed by atoms with van der Waals surface area (Å²) in [5.41, 5.74) is 3.55. The van der Waals surface area contributed by atoms with Crippen LogP contribution in [0.1, 0.15) is 22.8 Å². The van der Waals surface area contributed by atoms with Gasteiger partial charge in [-0.05, 0) is 32.0 Å². The predicted octanol–water partition coefficient (Wildman–Crippen LogP) is 4.78. The van der Waals surface area contributed by atoms with Gasteiger partial charge in [-0.25, -0.2) is 4.98 Å². The lowest BCUT2D eigenvalue weighted by atomic mass is 10.1. The third kappa shape index (κ3) is 4.03. The minimum atomic E-state index is -0.238.